The standard InChI is InChI=1S/C11H9Cl2N3/c1-6-10(15-5-16-11(6)14)7-3-2-4-8(12)9(7)13/h2-5H,1H3,(H2,14,15,16). The Morgan fingerprint density at radius 1 is 1.19 bits per heavy atom. The van der Waals surface area contributed by atoms with Crippen molar-refractivity contribution in [2.24, 2.45) is 0 Å². The second kappa shape index (κ2) is 4.28. The number of anilines is 1. The zero-order valence-electron chi connectivity index (χ0n) is 8.54. The highest BCUT2D eigenvalue weighted by Crippen LogP contribution is 2.34. The Kier molecular flexibility index (Phi) is 2.99. The highest BCUT2D eigenvalue weighted by Gasteiger charge is 2.12. The molecule has 0 amide bonds. The monoisotopic (exact) mass is 253 g/mol. The molecule has 0 saturated heterocycles. The number of aromatic nitrogens is 2. The van der Waals surface area contributed by atoms with Crippen LogP contribution in [0.25, 0.3) is 11.3 Å². The third-order valence-electron chi connectivity index (χ3n) is 2.33. The largest absolute Gasteiger partial charge is 0.383 e. The number of nitrogens with zero attached hydrogens (tertiary/aromatic N) is 2. The van der Waals surface area contributed by atoms with E-state index in [1.807, 2.05) is 19.1 Å². The van der Waals surface area contributed by atoms with Gasteiger partial charge in [0.2, 0.25) is 0 Å². The number of nitrogens with two attached hydrogens (primary N) is 1. The lowest BCUT2D eigenvalue weighted by Gasteiger charge is -2.08. The zero-order valence-corrected chi connectivity index (χ0v) is 10.0. The topological polar surface area (TPSA) is 51.8 Å². The first-order valence-corrected chi connectivity index (χ1v) is 5.38. The maximum atomic E-state index is 6.12. The van der Waals surface area contributed by atoms with E-state index < -0.39 is 0 Å². The van der Waals surface area contributed by atoms with Crippen LogP contribution in [-0.4, -0.2) is 9.97 Å². The van der Waals surface area contributed by atoms with Crippen molar-refractivity contribution in [3.8, 4) is 11.3 Å². The lowest BCUT2D eigenvalue weighted by molar-refractivity contribution is 1.14. The molecule has 2 aromatic rings. The van der Waals surface area contributed by atoms with E-state index in [0.717, 1.165) is 11.1 Å². The molecule has 0 saturated carbocycles. The molecular weight excluding hydrogens is 245 g/mol. The molecule has 0 atom stereocenters. The molecule has 0 aliphatic heterocycles. The van der Waals surface area contributed by atoms with Crippen molar-refractivity contribution in [3.05, 3.63) is 40.1 Å². The van der Waals surface area contributed by atoms with E-state index in [4.69, 9.17) is 28.9 Å². The summed E-state index contributed by atoms with van der Waals surface area (Å²) in [6.45, 7) is 1.85. The van der Waals surface area contributed by atoms with Gasteiger partial charge in [0.05, 0.1) is 15.7 Å². The summed E-state index contributed by atoms with van der Waals surface area (Å²) in [7, 11) is 0. The number of rotatable bonds is 1. The molecule has 1 heterocycles. The molecular formula is C11H9Cl2N3. The van der Waals surface area contributed by atoms with Crippen LogP contribution < -0.4 is 5.73 Å². The van der Waals surface area contributed by atoms with Crippen molar-refractivity contribution in [2.45, 2.75) is 6.92 Å². The predicted molar refractivity (Wildman–Crippen MR) is 66.6 cm³/mol. The van der Waals surface area contributed by atoms with E-state index in [2.05, 4.69) is 9.97 Å². The summed E-state index contributed by atoms with van der Waals surface area (Å²) in [5.41, 5.74) is 7.99. The van der Waals surface area contributed by atoms with Crippen LogP contribution in [0.15, 0.2) is 24.5 Å². The fourth-order valence-corrected chi connectivity index (χ4v) is 1.81. The first-order valence-electron chi connectivity index (χ1n) is 4.62. The van der Waals surface area contributed by atoms with Crippen LogP contribution in [0.5, 0.6) is 0 Å². The van der Waals surface area contributed by atoms with Gasteiger partial charge in [-0.05, 0) is 13.0 Å². The van der Waals surface area contributed by atoms with Gasteiger partial charge in [-0.1, -0.05) is 35.3 Å². The molecule has 0 fully saturated rings. The van der Waals surface area contributed by atoms with Gasteiger partial charge >= 0.3 is 0 Å². The van der Waals surface area contributed by atoms with Crippen LogP contribution in [0.1, 0.15) is 5.56 Å². The molecule has 0 unspecified atom stereocenters. The van der Waals surface area contributed by atoms with Crippen LogP contribution in [0.2, 0.25) is 10.0 Å². The lowest BCUT2D eigenvalue weighted by atomic mass is 10.1. The van der Waals surface area contributed by atoms with Gasteiger partial charge in [-0.2, -0.15) is 0 Å². The van der Waals surface area contributed by atoms with Crippen LogP contribution in [0, 0.1) is 6.92 Å². The van der Waals surface area contributed by atoms with E-state index in [1.165, 1.54) is 6.33 Å². The van der Waals surface area contributed by atoms with Gasteiger partial charge in [0.1, 0.15) is 12.1 Å². The predicted octanol–water partition coefficient (Wildman–Crippen LogP) is 3.34. The summed E-state index contributed by atoms with van der Waals surface area (Å²) >= 11 is 12.1. The molecule has 0 bridgehead atoms. The Bertz CT molecular complexity index is 491. The minimum Gasteiger partial charge on any atom is -0.383 e. The van der Waals surface area contributed by atoms with Crippen molar-refractivity contribution < 1.29 is 0 Å². The van der Waals surface area contributed by atoms with Gasteiger partial charge in [-0.3, -0.25) is 0 Å². The molecule has 82 valence electrons. The zero-order chi connectivity index (χ0) is 11.7. The molecule has 0 spiro atoms. The van der Waals surface area contributed by atoms with Gasteiger partial charge in [-0.25, -0.2) is 9.97 Å². The molecule has 5 heteroatoms. The molecule has 0 aliphatic rings. The van der Waals surface area contributed by atoms with Gasteiger partial charge in [0, 0.05) is 11.1 Å². The second-order valence-electron chi connectivity index (χ2n) is 3.33. The Morgan fingerprint density at radius 3 is 2.69 bits per heavy atom. The van der Waals surface area contributed by atoms with Crippen LogP contribution in [0.4, 0.5) is 5.82 Å². The summed E-state index contributed by atoms with van der Waals surface area (Å²) in [5, 5.41) is 0.973. The molecule has 2 rings (SSSR count). The van der Waals surface area contributed by atoms with Crippen LogP contribution in [0.3, 0.4) is 0 Å². The summed E-state index contributed by atoms with van der Waals surface area (Å²) in [6, 6.07) is 5.40. The Morgan fingerprint density at radius 2 is 1.94 bits per heavy atom. The van der Waals surface area contributed by atoms with Crippen molar-refractivity contribution in [1.82, 2.24) is 9.97 Å². The van der Waals surface area contributed by atoms with Crippen LogP contribution >= 0.6 is 23.2 Å². The number of halogens is 2. The fourth-order valence-electron chi connectivity index (χ4n) is 1.42. The number of hydrogen-bond donors (Lipinski definition) is 1. The Balaban J connectivity index is 2.68. The number of hydrogen-bond acceptors (Lipinski definition) is 3. The van der Waals surface area contributed by atoms with E-state index in [-0.39, 0.29) is 0 Å². The fraction of sp³-hybridized carbons (Fsp3) is 0.0909. The summed E-state index contributed by atoms with van der Waals surface area (Å²) in [4.78, 5) is 8.08. The first-order chi connectivity index (χ1) is 7.61. The van der Waals surface area contributed by atoms with Crippen LogP contribution in [-0.2, 0) is 0 Å². The summed E-state index contributed by atoms with van der Waals surface area (Å²) in [6.07, 6.45) is 1.41. The molecule has 1 aromatic heterocycles. The number of nitrogen functional groups attached to an aromatic ring is 1. The number of benzene rings is 1. The van der Waals surface area contributed by atoms with Crippen molar-refractivity contribution in [1.29, 1.82) is 0 Å². The van der Waals surface area contributed by atoms with Gasteiger partial charge in [0.15, 0.2) is 0 Å². The molecule has 0 radical (unpaired) electrons. The lowest BCUT2D eigenvalue weighted by Crippen LogP contribution is -1.98. The highest BCUT2D eigenvalue weighted by molar-refractivity contribution is 6.43. The molecule has 2 N–H and O–H groups in total. The van der Waals surface area contributed by atoms with Crippen molar-refractivity contribution in [2.75, 3.05) is 5.73 Å². The SMILES string of the molecule is Cc1c(N)ncnc1-c1cccc(Cl)c1Cl. The first kappa shape index (κ1) is 11.2. The molecule has 16 heavy (non-hydrogen) atoms. The highest BCUT2D eigenvalue weighted by atomic mass is 35.5. The van der Waals surface area contributed by atoms with Crippen molar-refractivity contribution >= 4 is 29.0 Å². The van der Waals surface area contributed by atoms with Gasteiger partial charge in [0.25, 0.3) is 0 Å². The molecule has 0 aliphatic carbocycles. The maximum Gasteiger partial charge on any atom is 0.130 e. The Hall–Kier alpha value is -1.32. The van der Waals surface area contributed by atoms with Gasteiger partial charge in [-0.15, -0.1) is 0 Å². The maximum absolute atomic E-state index is 6.12. The normalized spacial score (nSPS) is 10.4. The minimum absolute atomic E-state index is 0.445. The third-order valence-corrected chi connectivity index (χ3v) is 3.15. The molecule has 3 nitrogen and oxygen atoms in total. The average Bonchev–Trinajstić information content (AvgIpc) is 2.27. The molecule has 1 aromatic carbocycles. The Labute approximate surface area is 103 Å². The second-order valence-corrected chi connectivity index (χ2v) is 4.12. The average molecular weight is 254 g/mol. The van der Waals surface area contributed by atoms with E-state index >= 15 is 0 Å². The summed E-state index contributed by atoms with van der Waals surface area (Å²) < 4.78 is 0. The van der Waals surface area contributed by atoms with Gasteiger partial charge < -0.3 is 5.73 Å². The van der Waals surface area contributed by atoms with E-state index in [0.29, 0.717) is 21.6 Å². The third kappa shape index (κ3) is 1.84. The minimum atomic E-state index is 0.445. The van der Waals surface area contributed by atoms with Crippen molar-refractivity contribution in [3.63, 3.8) is 0 Å². The quantitative estimate of drug-likeness (QED) is 0.849. The smallest absolute Gasteiger partial charge is 0.130 e. The van der Waals surface area contributed by atoms with E-state index in [9.17, 15) is 0 Å². The van der Waals surface area contributed by atoms with E-state index in [1.54, 1.807) is 6.07 Å². The summed E-state index contributed by atoms with van der Waals surface area (Å²) in [5.74, 6) is 0.445.